The SMILES string of the molecule is CCCOC1CCNCC1NC(=O)C(C(N)N)C1CC2(CC/C=C(/CC#N)C=N1)CCCCC2. The van der Waals surface area contributed by atoms with Crippen LogP contribution < -0.4 is 22.1 Å². The highest BCUT2D eigenvalue weighted by molar-refractivity contribution is 5.82. The van der Waals surface area contributed by atoms with Crippen molar-refractivity contribution < 1.29 is 9.53 Å². The predicted molar refractivity (Wildman–Crippen MR) is 135 cm³/mol. The molecule has 0 bridgehead atoms. The molecule has 1 saturated heterocycles. The fourth-order valence-electron chi connectivity index (χ4n) is 5.92. The summed E-state index contributed by atoms with van der Waals surface area (Å²) in [5, 5.41) is 15.8. The molecular formula is C26H44N6O2. The van der Waals surface area contributed by atoms with Crippen LogP contribution in [-0.4, -0.2) is 56.2 Å². The number of carbonyl (C=O) groups excluding carboxylic acids is 1. The Morgan fingerprint density at radius 2 is 2.15 bits per heavy atom. The van der Waals surface area contributed by atoms with E-state index in [0.29, 0.717) is 19.6 Å². The summed E-state index contributed by atoms with van der Waals surface area (Å²) in [5.74, 6) is -0.780. The van der Waals surface area contributed by atoms with Crippen molar-refractivity contribution in [2.45, 2.75) is 102 Å². The molecule has 0 radical (unpaired) electrons. The summed E-state index contributed by atoms with van der Waals surface area (Å²) in [6, 6.07) is 1.80. The second-order valence-corrected chi connectivity index (χ2v) is 10.4. The van der Waals surface area contributed by atoms with Gasteiger partial charge in [0.1, 0.15) is 0 Å². The normalized spacial score (nSPS) is 29.9. The number of rotatable bonds is 8. The number of hydrogen-bond donors (Lipinski definition) is 4. The van der Waals surface area contributed by atoms with E-state index < -0.39 is 12.1 Å². The molecule has 4 unspecified atom stereocenters. The molecule has 2 aliphatic heterocycles. The number of piperidine rings is 1. The lowest BCUT2D eigenvalue weighted by Crippen LogP contribution is -2.60. The molecule has 1 amide bonds. The Bertz CT molecular complexity index is 753. The summed E-state index contributed by atoms with van der Waals surface area (Å²) < 4.78 is 6.03. The molecule has 8 heteroatoms. The molecule has 34 heavy (non-hydrogen) atoms. The predicted octanol–water partition coefficient (Wildman–Crippen LogP) is 2.53. The number of nitrogens with one attached hydrogen (secondary N) is 2. The zero-order valence-corrected chi connectivity index (χ0v) is 20.8. The quantitative estimate of drug-likeness (QED) is 0.400. The summed E-state index contributed by atoms with van der Waals surface area (Å²) in [6.45, 7) is 4.31. The van der Waals surface area contributed by atoms with Gasteiger partial charge in [-0.05, 0) is 62.5 Å². The van der Waals surface area contributed by atoms with Crippen molar-refractivity contribution in [1.82, 2.24) is 10.6 Å². The molecule has 1 saturated carbocycles. The van der Waals surface area contributed by atoms with E-state index in [4.69, 9.17) is 21.2 Å². The molecule has 2 fully saturated rings. The third kappa shape index (κ3) is 7.35. The van der Waals surface area contributed by atoms with Crippen LogP contribution in [0, 0.1) is 22.7 Å². The van der Waals surface area contributed by atoms with Crippen LogP contribution in [0.1, 0.15) is 77.6 Å². The first kappa shape index (κ1) is 26.8. The summed E-state index contributed by atoms with van der Waals surface area (Å²) in [6.07, 6.45) is 14.0. The standard InChI is InChI=1S/C26H44N6O2/c1-2-15-34-22-9-14-30-18-21(22)32-25(33)23(24(28)29)20-16-26(10-4-3-5-11-26)12-6-7-19(8-13-27)17-31-20/h7,17,20-24,30H,2-6,8-12,14-16,18,28-29H2,1H3,(H,32,33)/b19-7-,31-17?. The maximum Gasteiger partial charge on any atom is 0.228 e. The zero-order chi connectivity index (χ0) is 24.4. The molecule has 0 aromatic heterocycles. The Labute approximate surface area is 204 Å². The minimum atomic E-state index is -0.821. The molecule has 0 aromatic rings. The number of carbonyl (C=O) groups is 1. The number of nitriles is 1. The van der Waals surface area contributed by atoms with Gasteiger partial charge in [-0.3, -0.25) is 9.79 Å². The van der Waals surface area contributed by atoms with Crippen LogP contribution in [0.5, 0.6) is 0 Å². The molecule has 1 aliphatic carbocycles. The molecule has 2 heterocycles. The van der Waals surface area contributed by atoms with Crippen molar-refractivity contribution in [3.63, 3.8) is 0 Å². The van der Waals surface area contributed by atoms with Crippen LogP contribution in [0.25, 0.3) is 0 Å². The van der Waals surface area contributed by atoms with Crippen LogP contribution in [-0.2, 0) is 9.53 Å². The van der Waals surface area contributed by atoms with Gasteiger partial charge < -0.3 is 26.8 Å². The lowest BCUT2D eigenvalue weighted by atomic mass is 9.66. The maximum absolute atomic E-state index is 13.6. The van der Waals surface area contributed by atoms with E-state index in [1.165, 1.54) is 19.3 Å². The van der Waals surface area contributed by atoms with E-state index in [1.54, 1.807) is 6.21 Å². The van der Waals surface area contributed by atoms with Crippen molar-refractivity contribution in [2.24, 2.45) is 27.8 Å². The fourth-order valence-corrected chi connectivity index (χ4v) is 5.92. The van der Waals surface area contributed by atoms with Gasteiger partial charge in [0.05, 0.1) is 42.8 Å². The van der Waals surface area contributed by atoms with Crippen LogP contribution >= 0.6 is 0 Å². The van der Waals surface area contributed by atoms with Gasteiger partial charge in [0.2, 0.25) is 5.91 Å². The van der Waals surface area contributed by atoms with E-state index in [2.05, 4.69) is 29.7 Å². The Balaban J connectivity index is 1.83. The van der Waals surface area contributed by atoms with E-state index in [0.717, 1.165) is 57.1 Å². The minimum absolute atomic E-state index is 0.0151. The molecule has 190 valence electrons. The molecule has 8 nitrogen and oxygen atoms in total. The van der Waals surface area contributed by atoms with Gasteiger partial charge in [0, 0.05) is 19.4 Å². The van der Waals surface area contributed by atoms with Gasteiger partial charge in [-0.25, -0.2) is 0 Å². The number of allylic oxidation sites excluding steroid dienone is 2. The molecule has 4 atom stereocenters. The first-order chi connectivity index (χ1) is 16.5. The van der Waals surface area contributed by atoms with E-state index >= 15 is 0 Å². The second kappa shape index (κ2) is 13.3. The summed E-state index contributed by atoms with van der Waals surface area (Å²) >= 11 is 0. The first-order valence-electron chi connectivity index (χ1n) is 13.2. The molecule has 3 aliphatic rings. The van der Waals surface area contributed by atoms with Crippen molar-refractivity contribution >= 4 is 12.1 Å². The minimum Gasteiger partial charge on any atom is -0.376 e. The summed E-state index contributed by atoms with van der Waals surface area (Å²) in [7, 11) is 0. The van der Waals surface area contributed by atoms with Crippen LogP contribution in [0.4, 0.5) is 0 Å². The summed E-state index contributed by atoms with van der Waals surface area (Å²) in [4.78, 5) is 18.5. The highest BCUT2D eigenvalue weighted by atomic mass is 16.5. The number of nitrogens with two attached hydrogens (primary N) is 2. The molecule has 1 spiro atoms. The largest absolute Gasteiger partial charge is 0.376 e. The Hall–Kier alpha value is -1.79. The number of ether oxygens (including phenoxy) is 1. The fraction of sp³-hybridized carbons (Fsp3) is 0.808. The smallest absolute Gasteiger partial charge is 0.228 e. The van der Waals surface area contributed by atoms with E-state index in [-0.39, 0.29) is 29.5 Å². The third-order valence-corrected chi connectivity index (χ3v) is 7.77. The van der Waals surface area contributed by atoms with E-state index in [1.807, 2.05) is 0 Å². The average Bonchev–Trinajstić information content (AvgIpc) is 2.89. The van der Waals surface area contributed by atoms with Gasteiger partial charge in [-0.1, -0.05) is 32.3 Å². The van der Waals surface area contributed by atoms with E-state index in [9.17, 15) is 10.1 Å². The van der Waals surface area contributed by atoms with Crippen molar-refractivity contribution in [3.8, 4) is 6.07 Å². The Morgan fingerprint density at radius 1 is 1.35 bits per heavy atom. The number of aliphatic imine (C=N–C) groups is 1. The highest BCUT2D eigenvalue weighted by Crippen LogP contribution is 2.46. The van der Waals surface area contributed by atoms with Gasteiger partial charge in [-0.15, -0.1) is 0 Å². The maximum atomic E-state index is 13.6. The Kier molecular flexibility index (Phi) is 10.5. The molecule has 3 rings (SSSR count). The lowest BCUT2D eigenvalue weighted by molar-refractivity contribution is -0.129. The highest BCUT2D eigenvalue weighted by Gasteiger charge is 2.41. The van der Waals surface area contributed by atoms with Gasteiger partial charge in [-0.2, -0.15) is 5.26 Å². The van der Waals surface area contributed by atoms with Crippen LogP contribution in [0.15, 0.2) is 16.6 Å². The molecular weight excluding hydrogens is 428 g/mol. The number of amides is 1. The second-order valence-electron chi connectivity index (χ2n) is 10.4. The van der Waals surface area contributed by atoms with Crippen molar-refractivity contribution in [3.05, 3.63) is 11.6 Å². The van der Waals surface area contributed by atoms with Crippen LogP contribution in [0.3, 0.4) is 0 Å². The average molecular weight is 473 g/mol. The van der Waals surface area contributed by atoms with Gasteiger partial charge >= 0.3 is 0 Å². The van der Waals surface area contributed by atoms with Crippen LogP contribution in [0.2, 0.25) is 0 Å². The molecule has 0 aromatic carbocycles. The lowest BCUT2D eigenvalue weighted by Gasteiger charge is -2.41. The van der Waals surface area contributed by atoms with Gasteiger partial charge in [0.25, 0.3) is 0 Å². The zero-order valence-electron chi connectivity index (χ0n) is 20.8. The van der Waals surface area contributed by atoms with Gasteiger partial charge in [0.15, 0.2) is 0 Å². The Morgan fingerprint density at radius 3 is 2.85 bits per heavy atom. The first-order valence-corrected chi connectivity index (χ1v) is 13.2. The van der Waals surface area contributed by atoms with Crippen molar-refractivity contribution in [2.75, 3.05) is 19.7 Å². The molecule has 6 N–H and O–H groups in total. The topological polar surface area (TPSA) is 139 Å². The summed E-state index contributed by atoms with van der Waals surface area (Å²) in [5.41, 5.74) is 13.6. The number of nitrogens with zero attached hydrogens (tertiary/aromatic N) is 2. The number of hydrogen-bond acceptors (Lipinski definition) is 7. The monoisotopic (exact) mass is 472 g/mol. The van der Waals surface area contributed by atoms with Crippen molar-refractivity contribution in [1.29, 1.82) is 5.26 Å². The third-order valence-electron chi connectivity index (χ3n) is 7.77.